The maximum absolute atomic E-state index is 10.7. The molecule has 0 atom stereocenters. The van der Waals surface area contributed by atoms with Gasteiger partial charge in [-0.3, -0.25) is 0 Å². The van der Waals surface area contributed by atoms with E-state index in [9.17, 15) is 13.2 Å². The number of pyridine rings is 1. The molecule has 0 aliphatic heterocycles. The Morgan fingerprint density at radius 3 is 2.19 bits per heavy atom. The fraction of sp³-hybridized carbons (Fsp3) is 0.250. The van der Waals surface area contributed by atoms with Gasteiger partial charge in [-0.05, 0) is 18.2 Å². The van der Waals surface area contributed by atoms with Crippen molar-refractivity contribution in [3.63, 3.8) is 0 Å². The van der Waals surface area contributed by atoms with Crippen molar-refractivity contribution >= 4 is 32.6 Å². The molecule has 0 unspecified atom stereocenters. The molecule has 9 heteroatoms. The molecule has 116 valence electrons. The van der Waals surface area contributed by atoms with E-state index < -0.39 is 15.6 Å². The first kappa shape index (κ1) is 17.7. The molecule has 0 aliphatic carbocycles. The van der Waals surface area contributed by atoms with Gasteiger partial charge in [0.1, 0.15) is 7.05 Å². The van der Waals surface area contributed by atoms with Gasteiger partial charge in [-0.25, -0.2) is 8.42 Å². The average molecular weight is 342 g/mol. The summed E-state index contributed by atoms with van der Waals surface area (Å²) in [4.78, 5) is 0. The predicted octanol–water partition coefficient (Wildman–Crippen LogP) is 2.68. The Kier molecular flexibility index (Phi) is 5.19. The van der Waals surface area contributed by atoms with Crippen LogP contribution in [0.1, 0.15) is 5.69 Å². The minimum atomic E-state index is -6.09. The summed E-state index contributed by atoms with van der Waals surface area (Å²) in [6, 6.07) is 10.1. The van der Waals surface area contributed by atoms with Gasteiger partial charge in [-0.15, -0.1) is 0 Å². The van der Waals surface area contributed by atoms with Crippen molar-refractivity contribution in [2.45, 2.75) is 12.4 Å². The Balaban J connectivity index is 0.000000240. The molecule has 0 radical (unpaired) electrons. The molecule has 1 heterocycles. The van der Waals surface area contributed by atoms with Gasteiger partial charge >= 0.3 is 5.51 Å². The normalized spacial score (nSPS) is 12.0. The Morgan fingerprint density at radius 1 is 1.19 bits per heavy atom. The summed E-state index contributed by atoms with van der Waals surface area (Å²) in [6.45, 7) is 2.09. The van der Waals surface area contributed by atoms with Crippen LogP contribution in [0.5, 0.6) is 0 Å². The molecule has 1 aromatic heterocycles. The lowest BCUT2D eigenvalue weighted by molar-refractivity contribution is -0.651. The van der Waals surface area contributed by atoms with Crippen LogP contribution >= 0.6 is 11.6 Å². The van der Waals surface area contributed by atoms with E-state index in [2.05, 4.69) is 30.7 Å². The number of aryl methyl sites for hydroxylation is 2. The molecular weight excluding hydrogens is 331 g/mol. The molecule has 0 bridgehead atoms. The fourth-order valence-electron chi connectivity index (χ4n) is 1.48. The minimum Gasteiger partial charge on any atom is -0.741 e. The topological polar surface area (TPSA) is 61.1 Å². The van der Waals surface area contributed by atoms with Crippen LogP contribution in [0.2, 0.25) is 5.02 Å². The predicted molar refractivity (Wildman–Crippen MR) is 70.6 cm³/mol. The number of halogens is 4. The highest BCUT2D eigenvalue weighted by molar-refractivity contribution is 7.86. The zero-order chi connectivity index (χ0) is 16.4. The van der Waals surface area contributed by atoms with E-state index in [1.54, 1.807) is 0 Å². The third-order valence-corrected chi connectivity index (χ3v) is 3.47. The second-order valence-electron chi connectivity index (χ2n) is 4.14. The minimum absolute atomic E-state index is 0.788. The van der Waals surface area contributed by atoms with Crippen LogP contribution in [0.25, 0.3) is 10.9 Å². The van der Waals surface area contributed by atoms with Crippen LogP contribution in [0, 0.1) is 6.92 Å². The summed E-state index contributed by atoms with van der Waals surface area (Å²) in [7, 11) is -4.03. The standard InChI is InChI=1S/C11H11ClN.CHF3O3S/c1-8-3-4-9-7-10(12)5-6-11(9)13(8)2;2-1(3,4)8(5,6)7/h3-7H,1-2H3;(H,5,6,7)/q+1;/p-1. The molecule has 2 aromatic rings. The summed E-state index contributed by atoms with van der Waals surface area (Å²) in [5.74, 6) is 0. The molecule has 0 N–H and O–H groups in total. The third-order valence-electron chi connectivity index (χ3n) is 2.67. The molecule has 4 nitrogen and oxygen atoms in total. The number of benzene rings is 1. The van der Waals surface area contributed by atoms with E-state index in [0.29, 0.717) is 0 Å². The number of rotatable bonds is 0. The van der Waals surface area contributed by atoms with Crippen molar-refractivity contribution in [3.05, 3.63) is 41.0 Å². The van der Waals surface area contributed by atoms with E-state index >= 15 is 0 Å². The zero-order valence-corrected chi connectivity index (χ0v) is 12.6. The lowest BCUT2D eigenvalue weighted by atomic mass is 10.2. The maximum Gasteiger partial charge on any atom is 0.485 e. The van der Waals surface area contributed by atoms with E-state index in [-0.39, 0.29) is 0 Å². The summed E-state index contributed by atoms with van der Waals surface area (Å²) in [6.07, 6.45) is 0. The summed E-state index contributed by atoms with van der Waals surface area (Å²) < 4.78 is 61.1. The van der Waals surface area contributed by atoms with Crippen molar-refractivity contribution < 1.29 is 30.7 Å². The lowest BCUT2D eigenvalue weighted by Crippen LogP contribution is -2.32. The summed E-state index contributed by atoms with van der Waals surface area (Å²) in [5.41, 5.74) is -3.19. The largest absolute Gasteiger partial charge is 0.741 e. The molecule has 0 amide bonds. The lowest BCUT2D eigenvalue weighted by Gasteiger charge is -2.08. The number of alkyl halides is 3. The number of hydrogen-bond donors (Lipinski definition) is 0. The van der Waals surface area contributed by atoms with Gasteiger partial charge in [-0.2, -0.15) is 17.7 Å². The Morgan fingerprint density at radius 2 is 1.71 bits per heavy atom. The smallest absolute Gasteiger partial charge is 0.485 e. The van der Waals surface area contributed by atoms with Gasteiger partial charge in [0.25, 0.3) is 0 Å². The highest BCUT2D eigenvalue weighted by atomic mass is 35.5. The highest BCUT2D eigenvalue weighted by Crippen LogP contribution is 2.20. The van der Waals surface area contributed by atoms with E-state index in [4.69, 9.17) is 24.6 Å². The second-order valence-corrected chi connectivity index (χ2v) is 5.94. The maximum atomic E-state index is 10.7. The van der Waals surface area contributed by atoms with Crippen LogP contribution in [-0.2, 0) is 17.2 Å². The van der Waals surface area contributed by atoms with Gasteiger partial charge in [0.15, 0.2) is 15.8 Å². The first-order valence-electron chi connectivity index (χ1n) is 5.50. The zero-order valence-electron chi connectivity index (χ0n) is 11.0. The van der Waals surface area contributed by atoms with Gasteiger partial charge in [0, 0.05) is 29.5 Å². The number of aromatic nitrogens is 1. The van der Waals surface area contributed by atoms with Crippen LogP contribution in [-0.4, -0.2) is 18.5 Å². The monoisotopic (exact) mass is 341 g/mol. The molecule has 1 aromatic carbocycles. The van der Waals surface area contributed by atoms with Crippen molar-refractivity contribution in [2.24, 2.45) is 7.05 Å². The Bertz CT molecular complexity index is 760. The SMILES string of the molecule is Cc1ccc2cc(Cl)ccc2[n+]1C.O=S(=O)([O-])C(F)(F)F. The van der Waals surface area contributed by atoms with Gasteiger partial charge in [0.05, 0.1) is 0 Å². The number of fused-ring (bicyclic) bond motifs is 1. The molecule has 0 spiro atoms. The Labute approximate surface area is 124 Å². The van der Waals surface area contributed by atoms with Crippen molar-refractivity contribution in [3.8, 4) is 0 Å². The molecule has 0 aliphatic rings. The van der Waals surface area contributed by atoms with Crippen LogP contribution in [0.3, 0.4) is 0 Å². The molecule has 2 rings (SSSR count). The second kappa shape index (κ2) is 6.17. The average Bonchev–Trinajstić information content (AvgIpc) is 2.32. The van der Waals surface area contributed by atoms with E-state index in [1.807, 2.05) is 18.2 Å². The highest BCUT2D eigenvalue weighted by Gasteiger charge is 2.36. The summed E-state index contributed by atoms with van der Waals surface area (Å²) in [5, 5.41) is 1.97. The van der Waals surface area contributed by atoms with E-state index in [0.717, 1.165) is 5.02 Å². The third kappa shape index (κ3) is 4.55. The molecule has 0 saturated heterocycles. The quantitative estimate of drug-likeness (QED) is 0.420. The Hall–Kier alpha value is -1.38. The molecule has 0 fully saturated rings. The summed E-state index contributed by atoms with van der Waals surface area (Å²) >= 11 is 5.90. The molecule has 0 saturated carbocycles. The van der Waals surface area contributed by atoms with Gasteiger partial charge in [-0.1, -0.05) is 11.6 Å². The van der Waals surface area contributed by atoms with Crippen LogP contribution in [0.4, 0.5) is 13.2 Å². The van der Waals surface area contributed by atoms with Crippen LogP contribution < -0.4 is 4.57 Å². The van der Waals surface area contributed by atoms with Gasteiger partial charge < -0.3 is 4.55 Å². The fourth-order valence-corrected chi connectivity index (χ4v) is 1.66. The van der Waals surface area contributed by atoms with Crippen LogP contribution in [0.15, 0.2) is 30.3 Å². The van der Waals surface area contributed by atoms with Crippen molar-refractivity contribution in [1.29, 1.82) is 0 Å². The van der Waals surface area contributed by atoms with Crippen molar-refractivity contribution in [2.75, 3.05) is 0 Å². The molecular formula is C12H11ClF3NO3S. The first-order valence-corrected chi connectivity index (χ1v) is 7.29. The van der Waals surface area contributed by atoms with E-state index in [1.165, 1.54) is 16.6 Å². The van der Waals surface area contributed by atoms with Crippen molar-refractivity contribution in [1.82, 2.24) is 0 Å². The van der Waals surface area contributed by atoms with Gasteiger partial charge in [0.2, 0.25) is 5.52 Å². The number of nitrogens with zero attached hydrogens (tertiary/aromatic N) is 1. The first-order chi connectivity index (χ1) is 9.43. The number of hydrogen-bond acceptors (Lipinski definition) is 3. The molecule has 21 heavy (non-hydrogen) atoms.